The molecule has 0 saturated heterocycles. The third-order valence-corrected chi connectivity index (χ3v) is 9.53. The maximum absolute atomic E-state index is 10.2. The Morgan fingerprint density at radius 3 is 2.10 bits per heavy atom. The fourth-order valence-corrected chi connectivity index (χ4v) is 7.31. The zero-order valence-electron chi connectivity index (χ0n) is 26.5. The van der Waals surface area contributed by atoms with E-state index in [2.05, 4.69) is 110 Å². The van der Waals surface area contributed by atoms with Crippen molar-refractivity contribution in [1.29, 1.82) is 10.5 Å². The second kappa shape index (κ2) is 11.4. The summed E-state index contributed by atoms with van der Waals surface area (Å²) in [5, 5.41) is 24.4. The van der Waals surface area contributed by atoms with Crippen molar-refractivity contribution in [3.05, 3.63) is 168 Å². The molecule has 9 aromatic rings. The van der Waals surface area contributed by atoms with Crippen molar-refractivity contribution < 1.29 is 0 Å². The lowest BCUT2D eigenvalue weighted by Gasteiger charge is -2.15. The third kappa shape index (κ3) is 4.29. The number of benzene rings is 6. The van der Waals surface area contributed by atoms with Gasteiger partial charge in [-0.3, -0.25) is 4.98 Å². The first kappa shape index (κ1) is 28.7. The molecule has 0 spiro atoms. The van der Waals surface area contributed by atoms with Crippen molar-refractivity contribution in [2.45, 2.75) is 0 Å². The Hall–Kier alpha value is -7.46. The highest BCUT2D eigenvalue weighted by Crippen LogP contribution is 2.39. The molecule has 6 nitrogen and oxygen atoms in total. The SMILES string of the molecule is [C-]#[N+]c1ccc2c(c1)c1cccc(C#N)c1n2-c1ccc(C#N)c(-c2ccc(-c3ccccc3-n3c4ccccc4c4cnccc43)cc2)c1. The van der Waals surface area contributed by atoms with Gasteiger partial charge in [0, 0.05) is 45.4 Å². The van der Waals surface area contributed by atoms with Gasteiger partial charge in [-0.05, 0) is 71.1 Å². The van der Waals surface area contributed by atoms with E-state index in [1.54, 1.807) is 6.07 Å². The topological polar surface area (TPSA) is 74.7 Å². The lowest BCUT2D eigenvalue weighted by Crippen LogP contribution is -1.98. The lowest BCUT2D eigenvalue weighted by atomic mass is 9.96. The smallest absolute Gasteiger partial charge is 0.188 e. The van der Waals surface area contributed by atoms with Gasteiger partial charge in [0.05, 0.1) is 51.5 Å². The quantitative estimate of drug-likeness (QED) is 0.180. The number of rotatable bonds is 4. The molecule has 0 fully saturated rings. The first-order valence-electron chi connectivity index (χ1n) is 16.1. The summed E-state index contributed by atoms with van der Waals surface area (Å²) in [4.78, 5) is 8.05. The van der Waals surface area contributed by atoms with Crippen LogP contribution in [0.25, 0.3) is 82.1 Å². The van der Waals surface area contributed by atoms with E-state index >= 15 is 0 Å². The van der Waals surface area contributed by atoms with Gasteiger partial charge in [-0.15, -0.1) is 0 Å². The molecule has 0 radical (unpaired) electrons. The van der Waals surface area contributed by atoms with Crippen molar-refractivity contribution >= 4 is 49.3 Å². The fourth-order valence-electron chi connectivity index (χ4n) is 7.31. The van der Waals surface area contributed by atoms with E-state index in [-0.39, 0.29) is 0 Å². The van der Waals surface area contributed by atoms with Gasteiger partial charge in [-0.1, -0.05) is 78.9 Å². The number of hydrogen-bond acceptors (Lipinski definition) is 3. The first-order valence-corrected chi connectivity index (χ1v) is 16.1. The molecule has 3 aromatic heterocycles. The Balaban J connectivity index is 1.19. The van der Waals surface area contributed by atoms with E-state index < -0.39 is 0 Å². The van der Waals surface area contributed by atoms with Gasteiger partial charge in [0.1, 0.15) is 6.07 Å². The van der Waals surface area contributed by atoms with Gasteiger partial charge < -0.3 is 9.13 Å². The van der Waals surface area contributed by atoms with Crippen molar-refractivity contribution in [1.82, 2.24) is 14.1 Å². The van der Waals surface area contributed by atoms with Crippen LogP contribution in [0.5, 0.6) is 0 Å². The highest BCUT2D eigenvalue weighted by Gasteiger charge is 2.19. The number of hydrogen-bond donors (Lipinski definition) is 0. The zero-order valence-corrected chi connectivity index (χ0v) is 26.5. The average Bonchev–Trinajstić information content (AvgIpc) is 3.70. The van der Waals surface area contributed by atoms with Crippen molar-refractivity contribution in [3.63, 3.8) is 0 Å². The first-order chi connectivity index (χ1) is 24.7. The van der Waals surface area contributed by atoms with Gasteiger partial charge in [0.15, 0.2) is 5.69 Å². The summed E-state index contributed by atoms with van der Waals surface area (Å²) >= 11 is 0. The summed E-state index contributed by atoms with van der Waals surface area (Å²) in [5.41, 5.74) is 11.2. The molecule has 0 saturated carbocycles. The van der Waals surface area contributed by atoms with Gasteiger partial charge in [0.2, 0.25) is 0 Å². The van der Waals surface area contributed by atoms with E-state index in [0.29, 0.717) is 16.8 Å². The van der Waals surface area contributed by atoms with Crippen LogP contribution in [-0.4, -0.2) is 14.1 Å². The minimum Gasteiger partial charge on any atom is -0.309 e. The molecule has 6 heteroatoms. The Morgan fingerprint density at radius 1 is 0.560 bits per heavy atom. The van der Waals surface area contributed by atoms with Crippen LogP contribution in [0.4, 0.5) is 5.69 Å². The van der Waals surface area contributed by atoms with Crippen LogP contribution in [-0.2, 0) is 0 Å². The minimum atomic E-state index is 0.538. The molecule has 0 unspecified atom stereocenters. The standard InChI is InChI=1S/C44H24N6/c1-47-32-18-20-42-38(23-32)36-10-6-7-31(26-46)44(36)49(42)33-19-17-30(25-45)37(24-33)29-15-13-28(14-16-29)34-8-2-4-11-40(34)50-41-12-5-3-9-35(41)39-27-48-22-21-43(39)50/h2-24,27H. The third-order valence-electron chi connectivity index (χ3n) is 9.53. The molecule has 3 heterocycles. The molecule has 50 heavy (non-hydrogen) atoms. The molecule has 0 N–H and O–H groups in total. The van der Waals surface area contributed by atoms with E-state index in [1.807, 2.05) is 60.9 Å². The normalized spacial score (nSPS) is 11.1. The molecular weight excluding hydrogens is 613 g/mol. The lowest BCUT2D eigenvalue weighted by molar-refractivity contribution is 1.17. The van der Waals surface area contributed by atoms with Gasteiger partial charge in [0.25, 0.3) is 0 Å². The molecule has 0 amide bonds. The minimum absolute atomic E-state index is 0.538. The summed E-state index contributed by atoms with van der Waals surface area (Å²) in [6, 6.07) is 49.0. The summed E-state index contributed by atoms with van der Waals surface area (Å²) < 4.78 is 4.36. The van der Waals surface area contributed by atoms with Gasteiger partial charge in [-0.2, -0.15) is 10.5 Å². The Kier molecular flexibility index (Phi) is 6.53. The van der Waals surface area contributed by atoms with Crippen LogP contribution in [0.1, 0.15) is 11.1 Å². The molecule has 6 aromatic carbocycles. The van der Waals surface area contributed by atoms with Crippen LogP contribution in [0.2, 0.25) is 0 Å². The van der Waals surface area contributed by atoms with Crippen LogP contribution in [0.15, 0.2) is 146 Å². The second-order valence-corrected chi connectivity index (χ2v) is 12.1. The van der Waals surface area contributed by atoms with Gasteiger partial charge >= 0.3 is 0 Å². The van der Waals surface area contributed by atoms with Crippen LogP contribution >= 0.6 is 0 Å². The fraction of sp³-hybridized carbons (Fsp3) is 0. The number of aromatic nitrogens is 3. The van der Waals surface area contributed by atoms with E-state index in [1.165, 1.54) is 0 Å². The maximum atomic E-state index is 10.2. The summed E-state index contributed by atoms with van der Waals surface area (Å²) in [6.07, 6.45) is 3.76. The largest absolute Gasteiger partial charge is 0.309 e. The van der Waals surface area contributed by atoms with Gasteiger partial charge in [-0.25, -0.2) is 4.85 Å². The van der Waals surface area contributed by atoms with Crippen LogP contribution in [0.3, 0.4) is 0 Å². The van der Waals surface area contributed by atoms with Crippen molar-refractivity contribution in [2.75, 3.05) is 0 Å². The highest BCUT2D eigenvalue weighted by molar-refractivity contribution is 6.12. The predicted octanol–water partition coefficient (Wildman–Crippen LogP) is 10.9. The van der Waals surface area contributed by atoms with E-state index in [4.69, 9.17) is 6.57 Å². The zero-order chi connectivity index (χ0) is 33.8. The highest BCUT2D eigenvalue weighted by atomic mass is 15.0. The molecular formula is C44H24N6. The number of nitrogens with zero attached hydrogens (tertiary/aromatic N) is 6. The second-order valence-electron chi connectivity index (χ2n) is 12.1. The molecule has 230 valence electrons. The number of para-hydroxylation sites is 3. The Morgan fingerprint density at radius 2 is 1.28 bits per heavy atom. The Labute approximate surface area is 287 Å². The summed E-state index contributed by atoms with van der Waals surface area (Å²) in [5.74, 6) is 0. The van der Waals surface area contributed by atoms with Crippen LogP contribution < -0.4 is 0 Å². The number of pyridine rings is 1. The molecule has 0 aliphatic rings. The monoisotopic (exact) mass is 636 g/mol. The molecule has 0 bridgehead atoms. The molecule has 0 aliphatic heterocycles. The van der Waals surface area contributed by atoms with E-state index in [9.17, 15) is 10.5 Å². The van der Waals surface area contributed by atoms with E-state index in [0.717, 1.165) is 77.2 Å². The van der Waals surface area contributed by atoms with Crippen LogP contribution in [0, 0.1) is 29.2 Å². The maximum Gasteiger partial charge on any atom is 0.188 e. The molecule has 0 aliphatic carbocycles. The van der Waals surface area contributed by atoms with Crippen molar-refractivity contribution in [2.24, 2.45) is 0 Å². The van der Waals surface area contributed by atoms with Crippen molar-refractivity contribution in [3.8, 4) is 45.8 Å². The Bertz CT molecular complexity index is 2910. The summed E-state index contributed by atoms with van der Waals surface area (Å²) in [6.45, 7) is 7.56. The number of nitriles is 2. The molecule has 0 atom stereocenters. The number of fused-ring (bicyclic) bond motifs is 6. The average molecular weight is 637 g/mol. The summed E-state index contributed by atoms with van der Waals surface area (Å²) in [7, 11) is 0. The molecule has 9 rings (SSSR count). The predicted molar refractivity (Wildman–Crippen MR) is 199 cm³/mol.